The van der Waals surface area contributed by atoms with E-state index in [4.69, 9.17) is 4.74 Å². The summed E-state index contributed by atoms with van der Waals surface area (Å²) in [5, 5.41) is 0. The molecule has 0 spiro atoms. The second kappa shape index (κ2) is 12.9. The van der Waals surface area contributed by atoms with Gasteiger partial charge in [-0.3, -0.25) is 0 Å². The van der Waals surface area contributed by atoms with Crippen LogP contribution in [0, 0.1) is 23.5 Å². The van der Waals surface area contributed by atoms with E-state index in [-0.39, 0.29) is 22.4 Å². The number of alkyl halides is 4. The molecule has 2 aromatic carbocycles. The summed E-state index contributed by atoms with van der Waals surface area (Å²) in [6, 6.07) is 6.94. The van der Waals surface area contributed by atoms with Crippen molar-refractivity contribution in [3.63, 3.8) is 0 Å². The van der Waals surface area contributed by atoms with Crippen molar-refractivity contribution in [3.05, 3.63) is 71.0 Å². The van der Waals surface area contributed by atoms with Gasteiger partial charge in [-0.25, -0.2) is 26.3 Å². The number of rotatable bonds is 10. The van der Waals surface area contributed by atoms with E-state index in [1.165, 1.54) is 24.3 Å². The van der Waals surface area contributed by atoms with Gasteiger partial charge in [0.2, 0.25) is 0 Å². The van der Waals surface area contributed by atoms with E-state index >= 15 is 13.2 Å². The van der Waals surface area contributed by atoms with Gasteiger partial charge in [0, 0.05) is 11.1 Å². The molecular weight excluding hydrogens is 556 g/mol. The van der Waals surface area contributed by atoms with E-state index in [9.17, 15) is 22.0 Å². The van der Waals surface area contributed by atoms with Gasteiger partial charge < -0.3 is 9.47 Å². The van der Waals surface area contributed by atoms with Crippen molar-refractivity contribution < 1.29 is 44.6 Å². The fraction of sp³-hybridized carbons (Fsp3) is 0.484. The number of allylic oxidation sites excluding steroid dienone is 3. The summed E-state index contributed by atoms with van der Waals surface area (Å²) in [5.74, 6) is -8.48. The lowest BCUT2D eigenvalue weighted by Crippen LogP contribution is -2.39. The summed E-state index contributed by atoms with van der Waals surface area (Å²) in [7, 11) is 0. The SMILES string of the molecule is CCCCCC1CCC(C2=C(F)[C@H](F)[C@](C)(F)C(F)=C2Oc2ccccc2-c2cc(F)c(OC(F)F)c(F)c2)CC1. The molecule has 1 fully saturated rings. The summed E-state index contributed by atoms with van der Waals surface area (Å²) in [6.07, 6.45) is 3.66. The summed E-state index contributed by atoms with van der Waals surface area (Å²) in [5.41, 5.74) is -3.96. The molecule has 2 aromatic rings. The lowest BCUT2D eigenvalue weighted by atomic mass is 9.73. The van der Waals surface area contributed by atoms with Crippen LogP contribution in [0.15, 0.2) is 59.4 Å². The second-order valence-corrected chi connectivity index (χ2v) is 10.8. The van der Waals surface area contributed by atoms with Crippen molar-refractivity contribution in [1.82, 2.24) is 0 Å². The molecule has 0 radical (unpaired) electrons. The van der Waals surface area contributed by atoms with Crippen LogP contribution < -0.4 is 9.47 Å². The highest BCUT2D eigenvalue weighted by Gasteiger charge is 2.52. The Bertz CT molecular complexity index is 1270. The normalized spacial score (nSPS) is 25.2. The highest BCUT2D eigenvalue weighted by Crippen LogP contribution is 2.50. The van der Waals surface area contributed by atoms with Crippen LogP contribution >= 0.6 is 0 Å². The minimum absolute atomic E-state index is 0.0310. The molecule has 0 aliphatic heterocycles. The van der Waals surface area contributed by atoms with Crippen LogP contribution in [0.5, 0.6) is 11.5 Å². The average Bonchev–Trinajstić information content (AvgIpc) is 2.94. The van der Waals surface area contributed by atoms with Crippen LogP contribution in [-0.4, -0.2) is 18.5 Å². The molecule has 0 amide bonds. The summed E-state index contributed by atoms with van der Waals surface area (Å²) in [6.45, 7) is -0.788. The molecule has 2 aliphatic carbocycles. The minimum atomic E-state index is -3.47. The second-order valence-electron chi connectivity index (χ2n) is 10.8. The molecule has 41 heavy (non-hydrogen) atoms. The Kier molecular flexibility index (Phi) is 9.70. The lowest BCUT2D eigenvalue weighted by Gasteiger charge is -2.36. The molecule has 0 N–H and O–H groups in total. The van der Waals surface area contributed by atoms with Crippen molar-refractivity contribution in [3.8, 4) is 22.6 Å². The number of unbranched alkanes of at least 4 members (excludes halogenated alkanes) is 2. The Morgan fingerprint density at radius 1 is 0.951 bits per heavy atom. The van der Waals surface area contributed by atoms with Crippen LogP contribution in [-0.2, 0) is 0 Å². The van der Waals surface area contributed by atoms with E-state index < -0.39 is 59.2 Å². The van der Waals surface area contributed by atoms with Gasteiger partial charge in [0.25, 0.3) is 0 Å². The van der Waals surface area contributed by atoms with Crippen molar-refractivity contribution in [2.24, 2.45) is 11.8 Å². The Labute approximate surface area is 234 Å². The smallest absolute Gasteiger partial charge is 0.387 e. The topological polar surface area (TPSA) is 18.5 Å². The van der Waals surface area contributed by atoms with E-state index in [1.807, 2.05) is 0 Å². The van der Waals surface area contributed by atoms with Gasteiger partial charge in [-0.1, -0.05) is 50.8 Å². The Balaban J connectivity index is 1.69. The standard InChI is InChI=1S/C31H32F8O2/c1-3-4-5-8-17-11-13-18(14-12-17)24-25(34)28(35)31(2,39)29(36)27(24)40-23-10-7-6-9-20(23)19-15-21(32)26(22(33)16-19)41-30(37)38/h6-7,9-10,15-18,28,30H,3-5,8,11-14H2,1-2H3/t17?,18?,28-,31-/m0/s1. The highest BCUT2D eigenvalue weighted by molar-refractivity contribution is 5.72. The zero-order valence-corrected chi connectivity index (χ0v) is 22.8. The van der Waals surface area contributed by atoms with Gasteiger partial charge in [-0.2, -0.15) is 8.78 Å². The van der Waals surface area contributed by atoms with Gasteiger partial charge >= 0.3 is 6.61 Å². The first-order chi connectivity index (χ1) is 19.4. The van der Waals surface area contributed by atoms with Crippen molar-refractivity contribution in [2.75, 3.05) is 0 Å². The fourth-order valence-electron chi connectivity index (χ4n) is 5.66. The molecule has 0 unspecified atom stereocenters. The van der Waals surface area contributed by atoms with Gasteiger partial charge in [-0.05, 0) is 68.2 Å². The monoisotopic (exact) mass is 588 g/mol. The molecule has 0 saturated heterocycles. The molecule has 1 saturated carbocycles. The van der Waals surface area contributed by atoms with Crippen LogP contribution in [0.4, 0.5) is 35.1 Å². The molecule has 4 rings (SSSR count). The van der Waals surface area contributed by atoms with E-state index in [2.05, 4.69) is 11.7 Å². The first-order valence-electron chi connectivity index (χ1n) is 13.8. The Morgan fingerprint density at radius 3 is 2.20 bits per heavy atom. The number of hydrogen-bond donors (Lipinski definition) is 0. The van der Waals surface area contributed by atoms with Crippen molar-refractivity contribution in [2.45, 2.75) is 83.7 Å². The first-order valence-corrected chi connectivity index (χ1v) is 13.8. The number of hydrogen-bond acceptors (Lipinski definition) is 2. The third-order valence-corrected chi connectivity index (χ3v) is 7.92. The zero-order chi connectivity index (χ0) is 29.9. The molecule has 2 atom stereocenters. The van der Waals surface area contributed by atoms with E-state index in [0.29, 0.717) is 50.7 Å². The van der Waals surface area contributed by atoms with Crippen LogP contribution in [0.1, 0.15) is 65.2 Å². The van der Waals surface area contributed by atoms with Crippen LogP contribution in [0.3, 0.4) is 0 Å². The Hall–Kier alpha value is -3.04. The third-order valence-electron chi connectivity index (χ3n) is 7.92. The van der Waals surface area contributed by atoms with Gasteiger partial charge in [-0.15, -0.1) is 0 Å². The first kappa shape index (κ1) is 30.9. The zero-order valence-electron chi connectivity index (χ0n) is 22.8. The Morgan fingerprint density at radius 2 is 1.59 bits per heavy atom. The van der Waals surface area contributed by atoms with Gasteiger partial charge in [0.05, 0.1) is 0 Å². The number of para-hydroxylation sites is 1. The van der Waals surface area contributed by atoms with Crippen LogP contribution in [0.25, 0.3) is 11.1 Å². The lowest BCUT2D eigenvalue weighted by molar-refractivity contribution is -0.0546. The molecule has 2 aliphatic rings. The maximum Gasteiger partial charge on any atom is 0.387 e. The third kappa shape index (κ3) is 6.56. The summed E-state index contributed by atoms with van der Waals surface area (Å²) < 4.78 is 125. The maximum absolute atomic E-state index is 15.6. The number of ether oxygens (including phenoxy) is 2. The molecule has 2 nitrogen and oxygen atoms in total. The molecule has 224 valence electrons. The predicted molar refractivity (Wildman–Crippen MR) is 139 cm³/mol. The van der Waals surface area contributed by atoms with Crippen molar-refractivity contribution in [1.29, 1.82) is 0 Å². The number of benzene rings is 2. The highest BCUT2D eigenvalue weighted by atomic mass is 19.3. The van der Waals surface area contributed by atoms with Crippen molar-refractivity contribution >= 4 is 0 Å². The molecule has 0 bridgehead atoms. The fourth-order valence-corrected chi connectivity index (χ4v) is 5.66. The average molecular weight is 589 g/mol. The molecular formula is C31H32F8O2. The minimum Gasteiger partial charge on any atom is -0.453 e. The largest absolute Gasteiger partial charge is 0.453 e. The molecule has 0 aromatic heterocycles. The summed E-state index contributed by atoms with van der Waals surface area (Å²) in [4.78, 5) is 0. The van der Waals surface area contributed by atoms with Gasteiger partial charge in [0.15, 0.2) is 40.8 Å². The number of halogens is 8. The maximum atomic E-state index is 15.6. The van der Waals surface area contributed by atoms with Crippen LogP contribution in [0.2, 0.25) is 0 Å². The van der Waals surface area contributed by atoms with E-state index in [0.717, 1.165) is 25.7 Å². The van der Waals surface area contributed by atoms with Gasteiger partial charge in [0.1, 0.15) is 11.6 Å². The molecule has 10 heteroatoms. The quantitative estimate of drug-likeness (QED) is 0.203. The summed E-state index contributed by atoms with van der Waals surface area (Å²) >= 11 is 0. The predicted octanol–water partition coefficient (Wildman–Crippen LogP) is 10.5. The molecule has 0 heterocycles. The van der Waals surface area contributed by atoms with E-state index in [1.54, 1.807) is 0 Å².